The fourth-order valence-corrected chi connectivity index (χ4v) is 5.80. The highest BCUT2D eigenvalue weighted by molar-refractivity contribution is 7.89. The molecule has 0 saturated carbocycles. The van der Waals surface area contributed by atoms with Gasteiger partial charge in [0, 0.05) is 13.1 Å². The van der Waals surface area contributed by atoms with Crippen molar-refractivity contribution < 1.29 is 13.5 Å². The molecule has 1 aliphatic heterocycles. The fraction of sp³-hybridized carbons (Fsp3) is 0.714. The average Bonchev–Trinajstić information content (AvgIpc) is 2.64. The lowest BCUT2D eigenvalue weighted by molar-refractivity contribution is 0.282. The van der Waals surface area contributed by atoms with E-state index in [1.165, 1.54) is 11.3 Å². The van der Waals surface area contributed by atoms with Crippen LogP contribution in [0.4, 0.5) is 0 Å². The summed E-state index contributed by atoms with van der Waals surface area (Å²) in [5.74, 6) is 0. The number of sulfonamides is 1. The molecule has 1 aromatic rings. The van der Waals surface area contributed by atoms with E-state index in [1.54, 1.807) is 16.6 Å². The van der Waals surface area contributed by atoms with Crippen molar-refractivity contribution in [1.82, 2.24) is 4.31 Å². The highest BCUT2D eigenvalue weighted by Gasteiger charge is 2.33. The molecule has 0 aliphatic carbocycles. The van der Waals surface area contributed by atoms with E-state index >= 15 is 0 Å². The predicted molar refractivity (Wildman–Crippen MR) is 81.4 cm³/mol. The first-order valence-corrected chi connectivity index (χ1v) is 9.28. The zero-order chi connectivity index (χ0) is 15.0. The third-order valence-corrected chi connectivity index (χ3v) is 7.38. The third-order valence-electron chi connectivity index (χ3n) is 4.03. The smallest absolute Gasteiger partial charge is 0.244 e. The second-order valence-electron chi connectivity index (χ2n) is 6.25. The molecular weight excluding hydrogens is 294 g/mol. The van der Waals surface area contributed by atoms with Crippen LogP contribution in [-0.2, 0) is 16.6 Å². The van der Waals surface area contributed by atoms with Gasteiger partial charge in [0.15, 0.2) is 0 Å². The number of aryl methyl sites for hydroxylation is 1. The summed E-state index contributed by atoms with van der Waals surface area (Å²) < 4.78 is 27.3. The monoisotopic (exact) mass is 317 g/mol. The van der Waals surface area contributed by atoms with E-state index < -0.39 is 10.0 Å². The van der Waals surface area contributed by atoms with Crippen molar-refractivity contribution in [2.75, 3.05) is 13.1 Å². The Labute approximate surface area is 125 Å². The summed E-state index contributed by atoms with van der Waals surface area (Å²) >= 11 is 1.32. The molecule has 0 bridgehead atoms. The van der Waals surface area contributed by atoms with Crippen LogP contribution in [0.3, 0.4) is 0 Å². The summed E-state index contributed by atoms with van der Waals surface area (Å²) in [6.45, 7) is 7.11. The first-order chi connectivity index (χ1) is 9.28. The van der Waals surface area contributed by atoms with Gasteiger partial charge < -0.3 is 5.11 Å². The van der Waals surface area contributed by atoms with E-state index in [0.717, 1.165) is 24.8 Å². The third kappa shape index (κ3) is 3.08. The Morgan fingerprint density at radius 3 is 2.70 bits per heavy atom. The molecule has 2 rings (SSSR count). The summed E-state index contributed by atoms with van der Waals surface area (Å²) in [7, 11) is -3.48. The molecule has 1 aromatic heterocycles. The van der Waals surface area contributed by atoms with E-state index in [2.05, 4.69) is 13.8 Å². The number of hydrogen-bond acceptors (Lipinski definition) is 4. The molecule has 114 valence electrons. The molecule has 0 spiro atoms. The van der Waals surface area contributed by atoms with E-state index in [4.69, 9.17) is 0 Å². The van der Waals surface area contributed by atoms with Crippen LogP contribution >= 0.6 is 11.3 Å². The molecule has 4 nitrogen and oxygen atoms in total. The maximum atomic E-state index is 12.8. The fourth-order valence-electron chi connectivity index (χ4n) is 2.71. The molecule has 20 heavy (non-hydrogen) atoms. The Morgan fingerprint density at radius 2 is 2.05 bits per heavy atom. The van der Waals surface area contributed by atoms with Gasteiger partial charge in [0.25, 0.3) is 0 Å². The zero-order valence-electron chi connectivity index (χ0n) is 12.3. The molecule has 1 N–H and O–H groups in total. The Morgan fingerprint density at radius 1 is 1.35 bits per heavy atom. The van der Waals surface area contributed by atoms with Gasteiger partial charge in [-0.25, -0.2) is 8.42 Å². The Kier molecular flexibility index (Phi) is 4.59. The van der Waals surface area contributed by atoms with Crippen molar-refractivity contribution >= 4 is 21.4 Å². The van der Waals surface area contributed by atoms with Crippen LogP contribution in [0.25, 0.3) is 0 Å². The van der Waals surface area contributed by atoms with Crippen LogP contribution in [0.5, 0.6) is 0 Å². The van der Waals surface area contributed by atoms with Crippen LogP contribution < -0.4 is 0 Å². The minimum atomic E-state index is -3.48. The summed E-state index contributed by atoms with van der Waals surface area (Å²) in [4.78, 5) is 0.871. The Bertz CT molecular complexity index is 575. The van der Waals surface area contributed by atoms with Crippen molar-refractivity contribution in [1.29, 1.82) is 0 Å². The largest absolute Gasteiger partial charge is 0.391 e. The average molecular weight is 317 g/mol. The lowest BCUT2D eigenvalue weighted by Crippen LogP contribution is -2.33. The van der Waals surface area contributed by atoms with Gasteiger partial charge in [-0.05, 0) is 42.5 Å². The highest BCUT2D eigenvalue weighted by atomic mass is 32.2. The minimum Gasteiger partial charge on any atom is -0.391 e. The number of thiophene rings is 1. The van der Waals surface area contributed by atoms with Gasteiger partial charge in [-0.1, -0.05) is 13.8 Å². The van der Waals surface area contributed by atoms with Crippen molar-refractivity contribution in [3.05, 3.63) is 15.8 Å². The van der Waals surface area contributed by atoms with Crippen molar-refractivity contribution in [2.45, 2.75) is 51.5 Å². The topological polar surface area (TPSA) is 57.6 Å². The maximum Gasteiger partial charge on any atom is 0.244 e. The van der Waals surface area contributed by atoms with Crippen LogP contribution in [0.2, 0.25) is 0 Å². The number of aliphatic hydroxyl groups is 1. The van der Waals surface area contributed by atoms with E-state index in [9.17, 15) is 13.5 Å². The molecule has 0 unspecified atom stereocenters. The van der Waals surface area contributed by atoms with E-state index in [1.807, 2.05) is 0 Å². The minimum absolute atomic E-state index is 0.202. The predicted octanol–water partition coefficient (Wildman–Crippen LogP) is 2.75. The molecule has 1 aliphatic rings. The molecule has 0 amide bonds. The van der Waals surface area contributed by atoms with Gasteiger partial charge in [0.2, 0.25) is 10.0 Å². The molecule has 1 saturated heterocycles. The Balaban J connectivity index is 2.33. The molecule has 0 aromatic carbocycles. The normalized spacial score (nSPS) is 20.8. The molecule has 6 heteroatoms. The maximum absolute atomic E-state index is 12.8. The SMILES string of the molecule is Cc1csc(CO)c1S(=O)(=O)N1CCCC(C)(C)CC1. The van der Waals surface area contributed by atoms with Gasteiger partial charge in [-0.3, -0.25) is 0 Å². The standard InChI is InChI=1S/C14H23NO3S2/c1-11-10-19-12(9-16)13(11)20(17,18)15-7-4-5-14(2,3)6-8-15/h10,16H,4-9H2,1-3H3. The van der Waals surface area contributed by atoms with Gasteiger partial charge in [0.1, 0.15) is 4.90 Å². The van der Waals surface area contributed by atoms with Crippen LogP contribution in [0.15, 0.2) is 10.3 Å². The Hall–Kier alpha value is -0.430. The van der Waals surface area contributed by atoms with Gasteiger partial charge in [-0.15, -0.1) is 11.3 Å². The van der Waals surface area contributed by atoms with Gasteiger partial charge in [0.05, 0.1) is 11.5 Å². The second-order valence-corrected chi connectivity index (χ2v) is 9.09. The molecule has 0 radical (unpaired) electrons. The first kappa shape index (κ1) is 15.9. The van der Waals surface area contributed by atoms with Crippen molar-refractivity contribution in [2.24, 2.45) is 5.41 Å². The zero-order valence-corrected chi connectivity index (χ0v) is 14.0. The number of rotatable bonds is 3. The number of hydrogen-bond donors (Lipinski definition) is 1. The van der Waals surface area contributed by atoms with Crippen molar-refractivity contribution in [3.8, 4) is 0 Å². The summed E-state index contributed by atoms with van der Waals surface area (Å²) in [5, 5.41) is 11.2. The van der Waals surface area contributed by atoms with Gasteiger partial charge in [-0.2, -0.15) is 4.31 Å². The van der Waals surface area contributed by atoms with Gasteiger partial charge >= 0.3 is 0 Å². The van der Waals surface area contributed by atoms with Crippen molar-refractivity contribution in [3.63, 3.8) is 0 Å². The second kappa shape index (κ2) is 5.75. The highest BCUT2D eigenvalue weighted by Crippen LogP contribution is 2.34. The lowest BCUT2D eigenvalue weighted by Gasteiger charge is -2.23. The molecule has 1 fully saturated rings. The number of nitrogens with zero attached hydrogens (tertiary/aromatic N) is 1. The number of aliphatic hydroxyl groups excluding tert-OH is 1. The summed E-state index contributed by atoms with van der Waals surface area (Å²) in [6.07, 6.45) is 2.82. The molecule has 2 heterocycles. The molecular formula is C14H23NO3S2. The first-order valence-electron chi connectivity index (χ1n) is 6.96. The quantitative estimate of drug-likeness (QED) is 0.932. The van der Waals surface area contributed by atoms with E-state index in [-0.39, 0.29) is 12.0 Å². The summed E-state index contributed by atoms with van der Waals surface area (Å²) in [5.41, 5.74) is 0.941. The van der Waals surface area contributed by atoms with Crippen LogP contribution in [-0.4, -0.2) is 30.9 Å². The lowest BCUT2D eigenvalue weighted by atomic mass is 9.85. The van der Waals surface area contributed by atoms with E-state index in [0.29, 0.717) is 22.9 Å². The summed E-state index contributed by atoms with van der Waals surface area (Å²) in [6, 6.07) is 0. The van der Waals surface area contributed by atoms with Crippen LogP contribution in [0, 0.1) is 12.3 Å². The molecule has 0 atom stereocenters. The van der Waals surface area contributed by atoms with Crippen LogP contribution in [0.1, 0.15) is 43.6 Å².